The van der Waals surface area contributed by atoms with Crippen molar-refractivity contribution >= 4 is 35.2 Å². The molecular weight excluding hydrogens is 416 g/mol. The quantitative estimate of drug-likeness (QED) is 0.350. The number of fused-ring (bicyclic) bond motifs is 1. The maximum absolute atomic E-state index is 12.5. The van der Waals surface area contributed by atoms with Crippen LogP contribution in [0.4, 0.5) is 11.6 Å². The van der Waals surface area contributed by atoms with Gasteiger partial charge in [0.15, 0.2) is 11.2 Å². The van der Waals surface area contributed by atoms with Crippen molar-refractivity contribution in [3.8, 4) is 0 Å². The molecule has 1 aliphatic heterocycles. The normalized spacial score (nSPS) is 14.7. The van der Waals surface area contributed by atoms with Gasteiger partial charge in [0.25, 0.3) is 11.2 Å². The van der Waals surface area contributed by atoms with E-state index in [2.05, 4.69) is 25.1 Å². The van der Waals surface area contributed by atoms with Crippen LogP contribution in [0.1, 0.15) is 24.8 Å². The summed E-state index contributed by atoms with van der Waals surface area (Å²) in [6.45, 7) is 1.89. The van der Waals surface area contributed by atoms with Crippen LogP contribution in [0.2, 0.25) is 0 Å². The van der Waals surface area contributed by atoms with E-state index in [9.17, 15) is 19.7 Å². The Morgan fingerprint density at radius 1 is 1.16 bits per heavy atom. The molecule has 0 amide bonds. The zero-order valence-electron chi connectivity index (χ0n) is 17.5. The fourth-order valence-electron chi connectivity index (χ4n) is 3.68. The van der Waals surface area contributed by atoms with Crippen molar-refractivity contribution < 1.29 is 4.92 Å². The summed E-state index contributed by atoms with van der Waals surface area (Å²) in [7, 11) is 1.57. The summed E-state index contributed by atoms with van der Waals surface area (Å²) < 4.78 is 3.06. The number of nitrogens with zero attached hydrogens (tertiary/aromatic N) is 7. The number of rotatable bonds is 6. The van der Waals surface area contributed by atoms with E-state index in [1.54, 1.807) is 30.0 Å². The molecule has 0 aliphatic carbocycles. The molecular formula is C20H22N8O4. The number of hydrogen-bond acceptors (Lipinski definition) is 8. The number of piperidine rings is 1. The molecule has 3 aromatic rings. The van der Waals surface area contributed by atoms with Crippen LogP contribution in [-0.2, 0) is 13.6 Å². The van der Waals surface area contributed by atoms with Gasteiger partial charge in [0, 0.05) is 38.5 Å². The second-order valence-corrected chi connectivity index (χ2v) is 7.45. The standard InChI is InChI=1S/C20H22N8O4/c1-25-17-16(18(29)24-20(25)30)27(19(23-17)26-10-3-2-4-11-26)12-9-21-22-13-14-5-7-15(8-6-14)28(31)32/h5-9,13H,2-4,10-12H2,1H3,(H,24,29,30). The lowest BCUT2D eigenvalue weighted by Gasteiger charge is -2.27. The van der Waals surface area contributed by atoms with Gasteiger partial charge in [0.05, 0.1) is 17.7 Å². The number of hydrogen-bond donors (Lipinski definition) is 1. The summed E-state index contributed by atoms with van der Waals surface area (Å²) in [5.41, 5.74) is 0.282. The van der Waals surface area contributed by atoms with Crippen molar-refractivity contribution in [1.82, 2.24) is 19.1 Å². The van der Waals surface area contributed by atoms with Crippen molar-refractivity contribution in [2.24, 2.45) is 17.3 Å². The summed E-state index contributed by atoms with van der Waals surface area (Å²) in [5, 5.41) is 18.7. The van der Waals surface area contributed by atoms with Gasteiger partial charge in [-0.15, -0.1) is 0 Å². The van der Waals surface area contributed by atoms with E-state index in [0.29, 0.717) is 22.7 Å². The fourth-order valence-corrected chi connectivity index (χ4v) is 3.68. The molecule has 166 valence electrons. The summed E-state index contributed by atoms with van der Waals surface area (Å²) in [6, 6.07) is 5.94. The average molecular weight is 438 g/mol. The third-order valence-corrected chi connectivity index (χ3v) is 5.35. The number of aromatic nitrogens is 4. The van der Waals surface area contributed by atoms with Crippen molar-refractivity contribution in [2.75, 3.05) is 18.0 Å². The molecule has 0 radical (unpaired) electrons. The zero-order valence-corrected chi connectivity index (χ0v) is 17.5. The molecule has 1 N–H and O–H groups in total. The highest BCUT2D eigenvalue weighted by Gasteiger charge is 2.22. The van der Waals surface area contributed by atoms with Crippen molar-refractivity contribution in [3.63, 3.8) is 0 Å². The van der Waals surface area contributed by atoms with E-state index < -0.39 is 16.2 Å². The number of nitrogens with one attached hydrogen (secondary N) is 1. The molecule has 0 unspecified atom stereocenters. The Morgan fingerprint density at radius 2 is 1.88 bits per heavy atom. The molecule has 0 bridgehead atoms. The number of non-ortho nitro benzene ring substituents is 1. The third-order valence-electron chi connectivity index (χ3n) is 5.35. The molecule has 12 heteroatoms. The first kappa shape index (κ1) is 21.2. The van der Waals surface area contributed by atoms with Crippen LogP contribution in [0, 0.1) is 10.1 Å². The lowest BCUT2D eigenvalue weighted by atomic mass is 10.1. The smallest absolute Gasteiger partial charge is 0.329 e. The minimum Gasteiger partial charge on any atom is -0.342 e. The number of nitro benzene ring substituents is 1. The number of aromatic amines is 1. The van der Waals surface area contributed by atoms with Crippen LogP contribution in [-0.4, -0.2) is 49.5 Å². The first-order chi connectivity index (χ1) is 15.5. The zero-order chi connectivity index (χ0) is 22.7. The highest BCUT2D eigenvalue weighted by Crippen LogP contribution is 2.22. The van der Waals surface area contributed by atoms with Gasteiger partial charge in [-0.3, -0.25) is 29.0 Å². The molecule has 0 spiro atoms. The number of aryl methyl sites for hydroxylation is 1. The van der Waals surface area contributed by atoms with Gasteiger partial charge in [-0.05, 0) is 37.0 Å². The molecule has 1 saturated heterocycles. The number of nitro groups is 1. The molecule has 4 rings (SSSR count). The van der Waals surface area contributed by atoms with Crippen LogP contribution in [0.5, 0.6) is 0 Å². The summed E-state index contributed by atoms with van der Waals surface area (Å²) in [4.78, 5) is 43.8. The number of H-pyrrole nitrogens is 1. The van der Waals surface area contributed by atoms with Gasteiger partial charge in [-0.1, -0.05) is 0 Å². The number of anilines is 1. The maximum Gasteiger partial charge on any atom is 0.329 e. The number of imidazole rings is 1. The van der Waals surface area contributed by atoms with E-state index in [4.69, 9.17) is 0 Å². The van der Waals surface area contributed by atoms with Gasteiger partial charge in [0.1, 0.15) is 0 Å². The SMILES string of the molecule is Cn1c(=O)[nH]c(=O)c2c1nc(N1CCCCC1)n2CC=NN=Cc1ccc([N+](=O)[O-])cc1. The van der Waals surface area contributed by atoms with Crippen LogP contribution in [0.25, 0.3) is 11.2 Å². The molecule has 3 heterocycles. The molecule has 0 atom stereocenters. The molecule has 32 heavy (non-hydrogen) atoms. The molecule has 12 nitrogen and oxygen atoms in total. The Bertz CT molecular complexity index is 1310. The summed E-state index contributed by atoms with van der Waals surface area (Å²) >= 11 is 0. The minimum absolute atomic E-state index is 0.00232. The first-order valence-electron chi connectivity index (χ1n) is 10.2. The van der Waals surface area contributed by atoms with Crippen molar-refractivity contribution in [3.05, 3.63) is 60.8 Å². The minimum atomic E-state index is -0.515. The number of benzene rings is 1. The van der Waals surface area contributed by atoms with Crippen molar-refractivity contribution in [2.45, 2.75) is 25.8 Å². The Balaban J connectivity index is 1.61. The Hall–Kier alpha value is -4.09. The molecule has 2 aromatic heterocycles. The monoisotopic (exact) mass is 438 g/mol. The molecule has 1 aliphatic rings. The summed E-state index contributed by atoms with van der Waals surface area (Å²) in [6.07, 6.45) is 6.24. The lowest BCUT2D eigenvalue weighted by Crippen LogP contribution is -2.32. The second-order valence-electron chi connectivity index (χ2n) is 7.45. The van der Waals surface area contributed by atoms with E-state index in [0.717, 1.165) is 32.4 Å². The van der Waals surface area contributed by atoms with E-state index >= 15 is 0 Å². The predicted octanol–water partition coefficient (Wildman–Crippen LogP) is 1.43. The second kappa shape index (κ2) is 8.96. The molecule has 0 saturated carbocycles. The maximum atomic E-state index is 12.5. The van der Waals surface area contributed by atoms with E-state index in [1.807, 2.05) is 0 Å². The Labute approximate surface area is 181 Å². The van der Waals surface area contributed by atoms with Crippen LogP contribution in [0.3, 0.4) is 0 Å². The lowest BCUT2D eigenvalue weighted by molar-refractivity contribution is -0.384. The third kappa shape index (κ3) is 4.19. The van der Waals surface area contributed by atoms with Crippen LogP contribution < -0.4 is 16.1 Å². The van der Waals surface area contributed by atoms with Gasteiger partial charge in [-0.25, -0.2) is 4.79 Å². The fraction of sp³-hybridized carbons (Fsp3) is 0.350. The Morgan fingerprint density at radius 3 is 2.56 bits per heavy atom. The Kier molecular flexibility index (Phi) is 5.92. The predicted molar refractivity (Wildman–Crippen MR) is 121 cm³/mol. The van der Waals surface area contributed by atoms with Gasteiger partial charge in [0.2, 0.25) is 5.95 Å². The highest BCUT2D eigenvalue weighted by molar-refractivity contribution is 5.80. The van der Waals surface area contributed by atoms with E-state index in [-0.39, 0.29) is 12.2 Å². The summed E-state index contributed by atoms with van der Waals surface area (Å²) in [5.74, 6) is 0.622. The van der Waals surface area contributed by atoms with E-state index in [1.165, 1.54) is 22.9 Å². The van der Waals surface area contributed by atoms with Crippen LogP contribution >= 0.6 is 0 Å². The molecule has 1 fully saturated rings. The van der Waals surface area contributed by atoms with Gasteiger partial charge < -0.3 is 4.90 Å². The van der Waals surface area contributed by atoms with Crippen LogP contribution in [0.15, 0.2) is 44.1 Å². The van der Waals surface area contributed by atoms with Gasteiger partial charge >= 0.3 is 5.69 Å². The largest absolute Gasteiger partial charge is 0.342 e. The van der Waals surface area contributed by atoms with Crippen molar-refractivity contribution in [1.29, 1.82) is 0 Å². The highest BCUT2D eigenvalue weighted by atomic mass is 16.6. The van der Waals surface area contributed by atoms with Gasteiger partial charge in [-0.2, -0.15) is 15.2 Å². The molecule has 1 aromatic carbocycles. The average Bonchev–Trinajstić information content (AvgIpc) is 3.18. The topological polar surface area (TPSA) is 144 Å². The first-order valence-corrected chi connectivity index (χ1v) is 10.2.